The highest BCUT2D eigenvalue weighted by molar-refractivity contribution is 7.99. The molecule has 0 radical (unpaired) electrons. The van der Waals surface area contributed by atoms with Crippen molar-refractivity contribution in [3.63, 3.8) is 0 Å². The van der Waals surface area contributed by atoms with Crippen molar-refractivity contribution in [1.29, 1.82) is 0 Å². The zero-order valence-corrected chi connectivity index (χ0v) is 17.4. The Morgan fingerprint density at radius 1 is 1.21 bits per heavy atom. The van der Waals surface area contributed by atoms with Crippen LogP contribution in [0.1, 0.15) is 19.3 Å². The maximum atomic E-state index is 12.8. The Balaban J connectivity index is 1.71. The summed E-state index contributed by atoms with van der Waals surface area (Å²) >= 11 is 7.22. The highest BCUT2D eigenvalue weighted by Crippen LogP contribution is 2.28. The topological polar surface area (TPSA) is 93.4 Å². The Morgan fingerprint density at radius 3 is 2.68 bits per heavy atom. The van der Waals surface area contributed by atoms with E-state index >= 15 is 0 Å². The van der Waals surface area contributed by atoms with Crippen LogP contribution < -0.4 is 10.0 Å². The van der Waals surface area contributed by atoms with Crippen molar-refractivity contribution in [2.75, 3.05) is 24.2 Å². The zero-order chi connectivity index (χ0) is 20.1. The maximum absolute atomic E-state index is 12.8. The first-order chi connectivity index (χ1) is 13.4. The molecule has 0 unspecified atom stereocenters. The Kier molecular flexibility index (Phi) is 6.82. The minimum atomic E-state index is -3.62. The summed E-state index contributed by atoms with van der Waals surface area (Å²) in [6.45, 7) is 0.991. The molecular formula is C18H20ClN3O4S2. The number of rotatable bonds is 6. The van der Waals surface area contributed by atoms with Gasteiger partial charge in [-0.2, -0.15) is 9.04 Å². The van der Waals surface area contributed by atoms with E-state index in [2.05, 4.69) is 5.32 Å². The molecular weight excluding hydrogens is 422 g/mol. The lowest BCUT2D eigenvalue weighted by atomic mass is 10.2. The summed E-state index contributed by atoms with van der Waals surface area (Å²) in [5.41, 5.74) is 0.230. The van der Waals surface area contributed by atoms with Crippen molar-refractivity contribution in [3.05, 3.63) is 52.8 Å². The fourth-order valence-electron chi connectivity index (χ4n) is 2.87. The van der Waals surface area contributed by atoms with Crippen molar-refractivity contribution in [1.82, 2.24) is 4.31 Å². The number of carbonyl (C=O) groups is 1. The fourth-order valence-corrected chi connectivity index (χ4v) is 5.29. The molecule has 7 nitrogen and oxygen atoms in total. The van der Waals surface area contributed by atoms with Crippen LogP contribution in [0.2, 0.25) is 5.02 Å². The molecule has 1 aromatic carbocycles. The van der Waals surface area contributed by atoms with Gasteiger partial charge in [-0.05, 0) is 48.9 Å². The fraction of sp³-hybridized carbons (Fsp3) is 0.333. The molecule has 0 saturated carbocycles. The molecule has 2 aromatic rings. The van der Waals surface area contributed by atoms with Gasteiger partial charge in [0.05, 0.1) is 21.4 Å². The number of halogens is 1. The molecule has 10 heteroatoms. The van der Waals surface area contributed by atoms with Crippen molar-refractivity contribution in [3.8, 4) is 0 Å². The quantitative estimate of drug-likeness (QED) is 0.422. The first kappa shape index (κ1) is 20.9. The van der Waals surface area contributed by atoms with E-state index in [1.54, 1.807) is 18.2 Å². The van der Waals surface area contributed by atoms with Crippen molar-refractivity contribution in [2.45, 2.75) is 29.2 Å². The second kappa shape index (κ2) is 9.13. The van der Waals surface area contributed by atoms with Crippen LogP contribution >= 0.6 is 23.4 Å². The molecule has 0 atom stereocenters. The SMILES string of the molecule is O=C(CSc1cccc[n+]1[O-])Nc1cc(S(=O)(=O)N2CCCCC2)ccc1Cl. The number of thioether (sulfide) groups is 1. The zero-order valence-electron chi connectivity index (χ0n) is 15.0. The second-order valence-electron chi connectivity index (χ2n) is 6.31. The van der Waals surface area contributed by atoms with Crippen molar-refractivity contribution in [2.24, 2.45) is 0 Å². The monoisotopic (exact) mass is 441 g/mol. The van der Waals surface area contributed by atoms with Crippen LogP contribution in [0.4, 0.5) is 5.69 Å². The van der Waals surface area contributed by atoms with Gasteiger partial charge in [-0.25, -0.2) is 8.42 Å². The lowest BCUT2D eigenvalue weighted by Crippen LogP contribution is -2.35. The summed E-state index contributed by atoms with van der Waals surface area (Å²) < 4.78 is 27.8. The van der Waals surface area contributed by atoms with E-state index in [9.17, 15) is 18.4 Å². The molecule has 3 rings (SSSR count). The lowest BCUT2D eigenvalue weighted by Gasteiger charge is -2.26. The van der Waals surface area contributed by atoms with Gasteiger partial charge in [0.15, 0.2) is 6.20 Å². The number of benzene rings is 1. The molecule has 0 bridgehead atoms. The van der Waals surface area contributed by atoms with Crippen LogP contribution in [0.15, 0.2) is 52.5 Å². The number of amides is 1. The van der Waals surface area contributed by atoms with Gasteiger partial charge in [-0.15, -0.1) is 0 Å². The van der Waals surface area contributed by atoms with E-state index in [-0.39, 0.29) is 27.3 Å². The smallest absolute Gasteiger partial charge is 0.251 e. The summed E-state index contributed by atoms with van der Waals surface area (Å²) in [7, 11) is -3.62. The summed E-state index contributed by atoms with van der Waals surface area (Å²) in [4.78, 5) is 12.3. The normalized spacial score (nSPS) is 15.3. The van der Waals surface area contributed by atoms with Gasteiger partial charge in [-0.1, -0.05) is 18.0 Å². The summed E-state index contributed by atoms with van der Waals surface area (Å²) in [6.07, 6.45) is 4.06. The minimum absolute atomic E-state index is 0.00825. The molecule has 1 saturated heterocycles. The van der Waals surface area contributed by atoms with Crippen LogP contribution in [0, 0.1) is 5.21 Å². The van der Waals surface area contributed by atoms with Gasteiger partial charge in [0.1, 0.15) is 0 Å². The van der Waals surface area contributed by atoms with Crippen molar-refractivity contribution >= 4 is 45.0 Å². The third-order valence-corrected chi connectivity index (χ3v) is 7.55. The Hall–Kier alpha value is -1.81. The third-order valence-electron chi connectivity index (χ3n) is 4.30. The summed E-state index contributed by atoms with van der Waals surface area (Å²) in [6, 6.07) is 9.21. The van der Waals surface area contributed by atoms with Gasteiger partial charge in [0.2, 0.25) is 15.9 Å². The highest BCUT2D eigenvalue weighted by Gasteiger charge is 2.26. The Labute approximate surface area is 173 Å². The van der Waals surface area contributed by atoms with E-state index in [0.717, 1.165) is 31.0 Å². The van der Waals surface area contributed by atoms with Crippen LogP contribution in [0.3, 0.4) is 0 Å². The van der Waals surface area contributed by atoms with E-state index in [0.29, 0.717) is 22.8 Å². The lowest BCUT2D eigenvalue weighted by molar-refractivity contribution is -0.645. The number of aromatic nitrogens is 1. The molecule has 150 valence electrons. The number of hydrogen-bond acceptors (Lipinski definition) is 5. The predicted molar refractivity (Wildman–Crippen MR) is 109 cm³/mol. The third kappa shape index (κ3) is 4.96. The largest absolute Gasteiger partial charge is 0.618 e. The molecule has 2 heterocycles. The van der Waals surface area contributed by atoms with E-state index in [4.69, 9.17) is 11.6 Å². The summed E-state index contributed by atoms with van der Waals surface area (Å²) in [5.74, 6) is -0.394. The average molecular weight is 442 g/mol. The number of nitrogens with zero attached hydrogens (tertiary/aromatic N) is 2. The first-order valence-corrected chi connectivity index (χ1v) is 11.6. The number of carbonyl (C=O) groups excluding carboxylic acids is 1. The number of pyridine rings is 1. The molecule has 0 spiro atoms. The standard InChI is InChI=1S/C18H20ClN3O4S2/c19-15-8-7-14(28(25,26)21-9-3-1-4-10-21)12-16(15)20-17(23)13-27-18-6-2-5-11-22(18)24/h2,5-8,11-12H,1,3-4,9-10,13H2,(H,20,23). The predicted octanol–water partition coefficient (Wildman–Crippen LogP) is 2.88. The van der Waals surface area contributed by atoms with Crippen LogP contribution in [0.25, 0.3) is 0 Å². The Morgan fingerprint density at radius 2 is 1.96 bits per heavy atom. The molecule has 28 heavy (non-hydrogen) atoms. The minimum Gasteiger partial charge on any atom is -0.618 e. The number of piperidine rings is 1. The van der Waals surface area contributed by atoms with Gasteiger partial charge < -0.3 is 10.5 Å². The first-order valence-electron chi connectivity index (χ1n) is 8.78. The Bertz CT molecular complexity index is 963. The van der Waals surface area contributed by atoms with Crippen LogP contribution in [0.5, 0.6) is 0 Å². The van der Waals surface area contributed by atoms with Crippen LogP contribution in [-0.4, -0.2) is 37.5 Å². The van der Waals surface area contributed by atoms with Gasteiger partial charge in [0, 0.05) is 25.2 Å². The molecule has 1 amide bonds. The number of anilines is 1. The molecule has 0 aliphatic carbocycles. The number of hydrogen-bond donors (Lipinski definition) is 1. The van der Waals surface area contributed by atoms with Crippen molar-refractivity contribution < 1.29 is 17.9 Å². The van der Waals surface area contributed by atoms with Gasteiger partial charge in [-0.3, -0.25) is 4.79 Å². The number of sulfonamides is 1. The van der Waals surface area contributed by atoms with E-state index in [1.165, 1.54) is 28.7 Å². The molecule has 1 fully saturated rings. The highest BCUT2D eigenvalue weighted by atomic mass is 35.5. The average Bonchev–Trinajstić information content (AvgIpc) is 2.69. The maximum Gasteiger partial charge on any atom is 0.251 e. The molecule has 1 aliphatic heterocycles. The van der Waals surface area contributed by atoms with Gasteiger partial charge >= 0.3 is 0 Å². The van der Waals surface area contributed by atoms with Gasteiger partial charge in [0.25, 0.3) is 5.03 Å². The molecule has 1 N–H and O–H groups in total. The molecule has 1 aliphatic rings. The summed E-state index contributed by atoms with van der Waals surface area (Å²) in [5, 5.41) is 14.9. The van der Waals surface area contributed by atoms with E-state index in [1.807, 2.05) is 0 Å². The van der Waals surface area contributed by atoms with Crippen LogP contribution in [-0.2, 0) is 14.8 Å². The van der Waals surface area contributed by atoms with E-state index < -0.39 is 10.0 Å². The molecule has 1 aromatic heterocycles. The number of nitrogens with one attached hydrogen (secondary N) is 1. The second-order valence-corrected chi connectivity index (χ2v) is 9.65.